The topological polar surface area (TPSA) is 58.4 Å². The van der Waals surface area contributed by atoms with Crippen molar-refractivity contribution in [2.24, 2.45) is 0 Å². The lowest BCUT2D eigenvalue weighted by Gasteiger charge is -2.29. The largest absolute Gasteiger partial charge is 0.441 e. The Bertz CT molecular complexity index is 676. The summed E-state index contributed by atoms with van der Waals surface area (Å²) in [5, 5.41) is 3.08. The van der Waals surface area contributed by atoms with Crippen LogP contribution in [-0.2, 0) is 11.2 Å². The molecule has 1 saturated heterocycles. The van der Waals surface area contributed by atoms with E-state index in [2.05, 4.69) is 22.2 Å². The van der Waals surface area contributed by atoms with Gasteiger partial charge in [-0.05, 0) is 57.2 Å². The first kappa shape index (κ1) is 16.6. The molecule has 5 nitrogen and oxygen atoms in total. The van der Waals surface area contributed by atoms with Gasteiger partial charge in [-0.25, -0.2) is 9.37 Å². The Morgan fingerprint density at radius 2 is 2.04 bits per heavy atom. The molecule has 0 saturated carbocycles. The molecule has 6 heteroatoms. The second-order valence-electron chi connectivity index (χ2n) is 6.27. The second kappa shape index (κ2) is 7.57. The minimum Gasteiger partial charge on any atom is -0.441 e. The lowest BCUT2D eigenvalue weighted by atomic mass is 10.1. The van der Waals surface area contributed by atoms with E-state index < -0.39 is 0 Å². The van der Waals surface area contributed by atoms with Gasteiger partial charge < -0.3 is 14.6 Å². The van der Waals surface area contributed by atoms with E-state index in [0.29, 0.717) is 24.5 Å². The number of nitrogens with zero attached hydrogens (tertiary/aromatic N) is 2. The highest BCUT2D eigenvalue weighted by Crippen LogP contribution is 2.21. The number of oxazole rings is 1. The van der Waals surface area contributed by atoms with Crippen LogP contribution >= 0.6 is 0 Å². The zero-order chi connectivity index (χ0) is 16.9. The number of aryl methyl sites for hydroxylation is 1. The van der Waals surface area contributed by atoms with E-state index in [1.54, 1.807) is 18.3 Å². The third-order valence-electron chi connectivity index (χ3n) is 4.33. The van der Waals surface area contributed by atoms with Crippen molar-refractivity contribution >= 4 is 5.91 Å². The number of likely N-dealkylation sites (tertiary alicyclic amines) is 1. The van der Waals surface area contributed by atoms with Crippen molar-refractivity contribution in [3.63, 3.8) is 0 Å². The average Bonchev–Trinajstić information content (AvgIpc) is 3.05. The van der Waals surface area contributed by atoms with E-state index >= 15 is 0 Å². The van der Waals surface area contributed by atoms with E-state index in [1.807, 2.05) is 0 Å². The molecule has 0 unspecified atom stereocenters. The Morgan fingerprint density at radius 3 is 2.75 bits per heavy atom. The summed E-state index contributed by atoms with van der Waals surface area (Å²) >= 11 is 0. The van der Waals surface area contributed by atoms with Crippen LogP contribution in [0.15, 0.2) is 34.9 Å². The highest BCUT2D eigenvalue weighted by atomic mass is 19.1. The number of hydrogen-bond donors (Lipinski definition) is 1. The molecule has 0 radical (unpaired) electrons. The van der Waals surface area contributed by atoms with Gasteiger partial charge in [0.05, 0.1) is 6.20 Å². The number of piperidine rings is 1. The van der Waals surface area contributed by atoms with Gasteiger partial charge in [0, 0.05) is 24.4 Å². The normalized spacial score (nSPS) is 16.2. The van der Waals surface area contributed by atoms with Gasteiger partial charge in [-0.3, -0.25) is 4.79 Å². The maximum absolute atomic E-state index is 12.9. The standard InChI is InChI=1S/C18H22FN3O2/c1-22-10-8-15(9-11-22)21-17(23)6-7-18-20-12-16(24-18)13-2-4-14(19)5-3-13/h2-5,12,15H,6-11H2,1H3,(H,21,23). The first-order valence-corrected chi connectivity index (χ1v) is 8.29. The van der Waals surface area contributed by atoms with Crippen molar-refractivity contribution in [2.75, 3.05) is 20.1 Å². The monoisotopic (exact) mass is 331 g/mol. The molecule has 2 heterocycles. The van der Waals surface area contributed by atoms with Crippen LogP contribution < -0.4 is 5.32 Å². The third kappa shape index (κ3) is 4.41. The summed E-state index contributed by atoms with van der Waals surface area (Å²) in [5.41, 5.74) is 0.769. The van der Waals surface area contributed by atoms with E-state index in [-0.39, 0.29) is 17.8 Å². The number of carbonyl (C=O) groups excluding carboxylic acids is 1. The zero-order valence-electron chi connectivity index (χ0n) is 13.8. The van der Waals surface area contributed by atoms with Gasteiger partial charge >= 0.3 is 0 Å². The molecule has 0 aliphatic carbocycles. The third-order valence-corrected chi connectivity index (χ3v) is 4.33. The molecule has 1 N–H and O–H groups in total. The fourth-order valence-corrected chi connectivity index (χ4v) is 2.85. The molecule has 2 aromatic rings. The summed E-state index contributed by atoms with van der Waals surface area (Å²) in [6.45, 7) is 2.04. The van der Waals surface area contributed by atoms with Crippen LogP contribution in [0, 0.1) is 5.82 Å². The summed E-state index contributed by atoms with van der Waals surface area (Å²) < 4.78 is 18.6. The fourth-order valence-electron chi connectivity index (χ4n) is 2.85. The van der Waals surface area contributed by atoms with Crippen molar-refractivity contribution < 1.29 is 13.6 Å². The van der Waals surface area contributed by atoms with Crippen LogP contribution in [-0.4, -0.2) is 42.0 Å². The summed E-state index contributed by atoms with van der Waals surface area (Å²) in [7, 11) is 2.10. The number of nitrogens with one attached hydrogen (secondary N) is 1. The minimum absolute atomic E-state index is 0.0334. The van der Waals surface area contributed by atoms with Crippen molar-refractivity contribution in [1.29, 1.82) is 0 Å². The van der Waals surface area contributed by atoms with Crippen LogP contribution in [0.5, 0.6) is 0 Å². The molecule has 128 valence electrons. The number of rotatable bonds is 5. The number of aromatic nitrogens is 1. The molecule has 0 bridgehead atoms. The van der Waals surface area contributed by atoms with Gasteiger partial charge in [0.2, 0.25) is 5.91 Å². The van der Waals surface area contributed by atoms with Gasteiger partial charge in [-0.1, -0.05) is 0 Å². The Labute approximate surface area is 140 Å². The SMILES string of the molecule is CN1CCC(NC(=O)CCc2ncc(-c3ccc(F)cc3)o2)CC1. The first-order chi connectivity index (χ1) is 11.6. The van der Waals surface area contributed by atoms with Crippen molar-refractivity contribution in [1.82, 2.24) is 15.2 Å². The highest BCUT2D eigenvalue weighted by molar-refractivity contribution is 5.76. The number of amides is 1. The second-order valence-corrected chi connectivity index (χ2v) is 6.27. The molecule has 1 amide bonds. The van der Waals surface area contributed by atoms with E-state index in [4.69, 9.17) is 4.42 Å². The van der Waals surface area contributed by atoms with Crippen molar-refractivity contribution in [3.8, 4) is 11.3 Å². The smallest absolute Gasteiger partial charge is 0.220 e. The van der Waals surface area contributed by atoms with Crippen LogP contribution in [0.3, 0.4) is 0 Å². The summed E-state index contributed by atoms with van der Waals surface area (Å²) in [5.74, 6) is 0.851. The predicted octanol–water partition coefficient (Wildman–Crippen LogP) is 2.62. The Balaban J connectivity index is 1.48. The number of carbonyl (C=O) groups is 1. The molecule has 0 spiro atoms. The maximum atomic E-state index is 12.9. The van der Waals surface area contributed by atoms with Gasteiger partial charge in [-0.15, -0.1) is 0 Å². The number of hydrogen-bond acceptors (Lipinski definition) is 4. The Kier molecular flexibility index (Phi) is 5.25. The lowest BCUT2D eigenvalue weighted by Crippen LogP contribution is -2.43. The fraction of sp³-hybridized carbons (Fsp3) is 0.444. The number of benzene rings is 1. The molecule has 1 fully saturated rings. The molecule has 1 aliphatic heterocycles. The predicted molar refractivity (Wildman–Crippen MR) is 88.9 cm³/mol. The molecule has 1 aromatic heterocycles. The van der Waals surface area contributed by atoms with Crippen molar-refractivity contribution in [2.45, 2.75) is 31.7 Å². The summed E-state index contributed by atoms with van der Waals surface area (Å²) in [4.78, 5) is 18.5. The van der Waals surface area contributed by atoms with Gasteiger partial charge in [-0.2, -0.15) is 0 Å². The van der Waals surface area contributed by atoms with Crippen LogP contribution in [0.4, 0.5) is 4.39 Å². The van der Waals surface area contributed by atoms with Gasteiger partial charge in [0.1, 0.15) is 5.82 Å². The zero-order valence-corrected chi connectivity index (χ0v) is 13.8. The molecular formula is C18H22FN3O2. The molecule has 1 aromatic carbocycles. The van der Waals surface area contributed by atoms with E-state index in [1.165, 1.54) is 12.1 Å². The molecule has 1 aliphatic rings. The van der Waals surface area contributed by atoms with Crippen LogP contribution in [0.2, 0.25) is 0 Å². The van der Waals surface area contributed by atoms with Gasteiger partial charge in [0.15, 0.2) is 11.7 Å². The Hall–Kier alpha value is -2.21. The molecule has 24 heavy (non-hydrogen) atoms. The quantitative estimate of drug-likeness (QED) is 0.915. The lowest BCUT2D eigenvalue weighted by molar-refractivity contribution is -0.122. The van der Waals surface area contributed by atoms with Crippen LogP contribution in [0.1, 0.15) is 25.2 Å². The van der Waals surface area contributed by atoms with Crippen molar-refractivity contribution in [3.05, 3.63) is 42.2 Å². The Morgan fingerprint density at radius 1 is 1.33 bits per heavy atom. The summed E-state index contributed by atoms with van der Waals surface area (Å²) in [6, 6.07) is 6.32. The average molecular weight is 331 g/mol. The number of halogens is 1. The highest BCUT2D eigenvalue weighted by Gasteiger charge is 2.18. The molecule has 0 atom stereocenters. The first-order valence-electron chi connectivity index (χ1n) is 8.29. The van der Waals surface area contributed by atoms with E-state index in [9.17, 15) is 9.18 Å². The molecular weight excluding hydrogens is 309 g/mol. The maximum Gasteiger partial charge on any atom is 0.220 e. The van der Waals surface area contributed by atoms with Crippen LogP contribution in [0.25, 0.3) is 11.3 Å². The van der Waals surface area contributed by atoms with E-state index in [0.717, 1.165) is 31.5 Å². The van der Waals surface area contributed by atoms with Gasteiger partial charge in [0.25, 0.3) is 0 Å². The molecule has 3 rings (SSSR count). The summed E-state index contributed by atoms with van der Waals surface area (Å²) in [6.07, 6.45) is 4.42. The minimum atomic E-state index is -0.288.